The minimum absolute atomic E-state index is 0.160. The topological polar surface area (TPSA) is 104 Å². The number of benzene rings is 2. The number of nitrogens with one attached hydrogen (secondary N) is 3. The molecule has 0 radical (unpaired) electrons. The molecule has 2 aromatic carbocycles. The molecular weight excluding hydrogens is 399 g/mol. The van der Waals surface area contributed by atoms with Crippen LogP contribution in [0.4, 0.5) is 24.5 Å². The zero-order valence-electron chi connectivity index (χ0n) is 14.5. The van der Waals surface area contributed by atoms with Gasteiger partial charge in [-0.2, -0.15) is 13.2 Å². The van der Waals surface area contributed by atoms with Crippen LogP contribution in [0.25, 0.3) is 0 Å². The van der Waals surface area contributed by atoms with Crippen LogP contribution in [-0.4, -0.2) is 33.0 Å². The van der Waals surface area contributed by atoms with E-state index in [0.29, 0.717) is 5.69 Å². The van der Waals surface area contributed by atoms with Gasteiger partial charge in [-0.3, -0.25) is 14.3 Å². The Balaban J connectivity index is 2.22. The molecule has 0 saturated carbocycles. The third-order valence-corrected chi connectivity index (χ3v) is 4.73. The van der Waals surface area contributed by atoms with Crippen molar-refractivity contribution in [1.29, 1.82) is 0 Å². The molecule has 0 atom stereocenters. The minimum Gasteiger partial charge on any atom is -0.343 e. The van der Waals surface area contributed by atoms with Gasteiger partial charge in [-0.05, 0) is 36.4 Å². The van der Waals surface area contributed by atoms with Gasteiger partial charge in [0.1, 0.15) is 6.54 Å². The average Bonchev–Trinajstić information content (AvgIpc) is 2.59. The summed E-state index contributed by atoms with van der Waals surface area (Å²) in [6, 6.07) is 10.5. The van der Waals surface area contributed by atoms with Gasteiger partial charge in [-0.1, -0.05) is 12.1 Å². The molecule has 0 saturated heterocycles. The fraction of sp³-hybridized carbons (Fsp3) is 0.176. The Hall–Kier alpha value is -3.08. The summed E-state index contributed by atoms with van der Waals surface area (Å²) in [4.78, 5) is 22.8. The minimum atomic E-state index is -4.60. The summed E-state index contributed by atoms with van der Waals surface area (Å²) in [6.07, 6.45) is -4.60. The lowest BCUT2D eigenvalue weighted by Crippen LogP contribution is -2.34. The van der Waals surface area contributed by atoms with Crippen molar-refractivity contribution in [2.45, 2.75) is 18.0 Å². The van der Waals surface area contributed by atoms with Gasteiger partial charge in [0.2, 0.25) is 5.91 Å². The van der Waals surface area contributed by atoms with Gasteiger partial charge in [-0.25, -0.2) is 8.42 Å². The monoisotopic (exact) mass is 415 g/mol. The first-order chi connectivity index (χ1) is 13.0. The molecule has 0 unspecified atom stereocenters. The van der Waals surface area contributed by atoms with E-state index >= 15 is 0 Å². The van der Waals surface area contributed by atoms with Crippen LogP contribution in [0.5, 0.6) is 0 Å². The highest BCUT2D eigenvalue weighted by Gasteiger charge is 2.28. The van der Waals surface area contributed by atoms with Crippen LogP contribution >= 0.6 is 0 Å². The molecule has 3 N–H and O–H groups in total. The summed E-state index contributed by atoms with van der Waals surface area (Å²) in [5.74, 6) is -1.40. The van der Waals surface area contributed by atoms with E-state index in [1.165, 1.54) is 55.5 Å². The fourth-order valence-corrected chi connectivity index (χ4v) is 3.25. The summed E-state index contributed by atoms with van der Waals surface area (Å²) in [6.45, 7) is -0.246. The molecule has 150 valence electrons. The van der Waals surface area contributed by atoms with Crippen molar-refractivity contribution in [2.75, 3.05) is 16.6 Å². The first kappa shape index (κ1) is 21.2. The number of halogens is 3. The maximum Gasteiger partial charge on any atom is 0.405 e. The van der Waals surface area contributed by atoms with Crippen LogP contribution in [0.2, 0.25) is 0 Å². The SMILES string of the molecule is CC(=O)Nc1ccc(S(=O)(=O)Nc2ccccc2C(=O)NCC(F)(F)F)cc1. The van der Waals surface area contributed by atoms with Crippen LogP contribution in [0.3, 0.4) is 0 Å². The van der Waals surface area contributed by atoms with E-state index in [4.69, 9.17) is 0 Å². The maximum atomic E-state index is 12.5. The number of carbonyl (C=O) groups excluding carboxylic acids is 2. The molecule has 0 bridgehead atoms. The van der Waals surface area contributed by atoms with Gasteiger partial charge in [-0.15, -0.1) is 0 Å². The fourth-order valence-electron chi connectivity index (χ4n) is 2.17. The van der Waals surface area contributed by atoms with E-state index in [-0.39, 0.29) is 22.1 Å². The van der Waals surface area contributed by atoms with E-state index in [2.05, 4.69) is 10.0 Å². The number of rotatable bonds is 6. The van der Waals surface area contributed by atoms with Crippen molar-refractivity contribution in [2.24, 2.45) is 0 Å². The zero-order valence-corrected chi connectivity index (χ0v) is 15.3. The lowest BCUT2D eigenvalue weighted by Gasteiger charge is -2.14. The number of hydrogen-bond donors (Lipinski definition) is 3. The van der Waals surface area contributed by atoms with Crippen molar-refractivity contribution < 1.29 is 31.2 Å². The van der Waals surface area contributed by atoms with Crippen molar-refractivity contribution in [3.8, 4) is 0 Å². The van der Waals surface area contributed by atoms with Crippen LogP contribution in [0.15, 0.2) is 53.4 Å². The predicted octanol–water partition coefficient (Wildman–Crippen LogP) is 2.74. The van der Waals surface area contributed by atoms with Gasteiger partial charge >= 0.3 is 6.18 Å². The van der Waals surface area contributed by atoms with Crippen molar-refractivity contribution in [1.82, 2.24) is 5.32 Å². The van der Waals surface area contributed by atoms with Gasteiger partial charge < -0.3 is 10.6 Å². The van der Waals surface area contributed by atoms with Crippen molar-refractivity contribution in [3.05, 3.63) is 54.1 Å². The molecule has 0 aromatic heterocycles. The zero-order chi connectivity index (χ0) is 20.9. The van der Waals surface area contributed by atoms with Gasteiger partial charge in [0, 0.05) is 12.6 Å². The summed E-state index contributed by atoms with van der Waals surface area (Å²) >= 11 is 0. The first-order valence-corrected chi connectivity index (χ1v) is 9.31. The lowest BCUT2D eigenvalue weighted by molar-refractivity contribution is -0.123. The lowest BCUT2D eigenvalue weighted by atomic mass is 10.1. The highest BCUT2D eigenvalue weighted by atomic mass is 32.2. The molecule has 0 heterocycles. The highest BCUT2D eigenvalue weighted by Crippen LogP contribution is 2.22. The quantitative estimate of drug-likeness (QED) is 0.675. The van der Waals surface area contributed by atoms with E-state index < -0.39 is 28.7 Å². The molecule has 0 aliphatic carbocycles. The third kappa shape index (κ3) is 5.98. The number of para-hydroxylation sites is 1. The number of hydrogen-bond acceptors (Lipinski definition) is 4. The predicted molar refractivity (Wildman–Crippen MR) is 96.4 cm³/mol. The van der Waals surface area contributed by atoms with Crippen LogP contribution in [0, 0.1) is 0 Å². The Labute approximate surface area is 159 Å². The van der Waals surface area contributed by atoms with Gasteiger partial charge in [0.05, 0.1) is 16.1 Å². The Kier molecular flexibility index (Phi) is 6.29. The second kappa shape index (κ2) is 8.30. The first-order valence-electron chi connectivity index (χ1n) is 7.82. The van der Waals surface area contributed by atoms with E-state index in [9.17, 15) is 31.2 Å². The largest absolute Gasteiger partial charge is 0.405 e. The molecule has 7 nitrogen and oxygen atoms in total. The van der Waals surface area contributed by atoms with Gasteiger partial charge in [0.25, 0.3) is 15.9 Å². The number of alkyl halides is 3. The smallest absolute Gasteiger partial charge is 0.343 e. The maximum absolute atomic E-state index is 12.5. The number of anilines is 2. The van der Waals surface area contributed by atoms with Crippen LogP contribution in [0.1, 0.15) is 17.3 Å². The molecule has 2 aromatic rings. The van der Waals surface area contributed by atoms with Gasteiger partial charge in [0.15, 0.2) is 0 Å². The average molecular weight is 415 g/mol. The second-order valence-corrected chi connectivity index (χ2v) is 7.34. The molecule has 0 fully saturated rings. The van der Waals surface area contributed by atoms with Crippen LogP contribution < -0.4 is 15.4 Å². The summed E-state index contributed by atoms with van der Waals surface area (Å²) in [7, 11) is -4.12. The number of carbonyl (C=O) groups is 2. The van der Waals surface area contributed by atoms with Crippen LogP contribution in [-0.2, 0) is 14.8 Å². The summed E-state index contributed by atoms with van der Waals surface area (Å²) in [5.41, 5.74) is -0.0447. The molecule has 2 amide bonds. The number of amides is 2. The normalized spacial score (nSPS) is 11.6. The Morgan fingerprint density at radius 2 is 1.61 bits per heavy atom. The molecule has 0 aliphatic rings. The third-order valence-electron chi connectivity index (χ3n) is 3.35. The molecule has 0 spiro atoms. The molecule has 2 rings (SSSR count). The molecular formula is C17H16F3N3O4S. The standard InChI is InChI=1S/C17H16F3N3O4S/c1-11(24)22-12-6-8-13(9-7-12)28(26,27)23-15-5-3-2-4-14(15)16(25)21-10-17(18,19)20/h2-9,23H,10H2,1H3,(H,21,25)(H,22,24). The van der Waals surface area contributed by atoms with E-state index in [1.807, 2.05) is 0 Å². The Morgan fingerprint density at radius 3 is 2.18 bits per heavy atom. The molecule has 28 heavy (non-hydrogen) atoms. The van der Waals surface area contributed by atoms with Crippen molar-refractivity contribution >= 4 is 33.2 Å². The van der Waals surface area contributed by atoms with E-state index in [0.717, 1.165) is 0 Å². The van der Waals surface area contributed by atoms with E-state index in [1.54, 1.807) is 5.32 Å². The Morgan fingerprint density at radius 1 is 1.00 bits per heavy atom. The highest BCUT2D eigenvalue weighted by molar-refractivity contribution is 7.92. The van der Waals surface area contributed by atoms with Crippen molar-refractivity contribution in [3.63, 3.8) is 0 Å². The summed E-state index contributed by atoms with van der Waals surface area (Å²) < 4.78 is 64.1. The molecule has 11 heteroatoms. The summed E-state index contributed by atoms with van der Waals surface area (Å²) in [5, 5.41) is 4.18. The second-order valence-electron chi connectivity index (χ2n) is 5.65. The number of sulfonamides is 1. The Bertz CT molecular complexity index is 974. The molecule has 0 aliphatic heterocycles.